The second kappa shape index (κ2) is 6.82. The van der Waals surface area contributed by atoms with Crippen molar-refractivity contribution in [2.45, 2.75) is 64.7 Å². The Morgan fingerprint density at radius 2 is 2.04 bits per heavy atom. The van der Waals surface area contributed by atoms with E-state index in [-0.39, 0.29) is 12.1 Å². The summed E-state index contributed by atoms with van der Waals surface area (Å²) in [6.45, 7) is 9.55. The van der Waals surface area contributed by atoms with Gasteiger partial charge in [-0.3, -0.25) is 4.98 Å². The zero-order chi connectivity index (χ0) is 18.0. The Morgan fingerprint density at radius 3 is 2.67 bits per heavy atom. The van der Waals surface area contributed by atoms with E-state index in [0.29, 0.717) is 6.54 Å². The zero-order valence-electron chi connectivity index (χ0n) is 15.1. The molecule has 1 N–H and O–H groups in total. The molecule has 0 aromatic carbocycles. The van der Waals surface area contributed by atoms with Crippen LogP contribution in [0, 0.1) is 11.8 Å². The smallest absolute Gasteiger partial charge is 0.410 e. The number of ether oxygens (including phenoxy) is 1. The van der Waals surface area contributed by atoms with Gasteiger partial charge in [0, 0.05) is 24.5 Å². The van der Waals surface area contributed by atoms with Crippen molar-refractivity contribution in [2.24, 2.45) is 0 Å². The van der Waals surface area contributed by atoms with Gasteiger partial charge in [0.1, 0.15) is 11.2 Å². The molecule has 1 saturated heterocycles. The van der Waals surface area contributed by atoms with Gasteiger partial charge < -0.3 is 14.7 Å². The normalized spacial score (nSPS) is 18.1. The summed E-state index contributed by atoms with van der Waals surface area (Å²) in [5.41, 5.74) is 0.112. The molecule has 1 aliphatic heterocycles. The van der Waals surface area contributed by atoms with Gasteiger partial charge in [-0.1, -0.05) is 11.8 Å². The van der Waals surface area contributed by atoms with Gasteiger partial charge in [0.05, 0.1) is 6.04 Å². The lowest BCUT2D eigenvalue weighted by Crippen LogP contribution is -2.36. The van der Waals surface area contributed by atoms with Crippen LogP contribution >= 0.6 is 0 Å². The molecule has 1 aromatic heterocycles. The van der Waals surface area contributed by atoms with E-state index in [1.54, 1.807) is 31.1 Å². The number of carbonyl (C=O) groups is 1. The molecule has 1 aliphatic rings. The van der Waals surface area contributed by atoms with Gasteiger partial charge in [-0.15, -0.1) is 0 Å². The molecule has 1 fully saturated rings. The molecule has 1 aromatic rings. The standard InChI is InChI=1S/C19H26N2O3/c1-18(2,3)24-17(22)21-10-6-7-16(21)15-11-14(12-20-13-15)8-9-19(4,5)23/h11-13,16,23H,6-7,10H2,1-5H3. The zero-order valence-corrected chi connectivity index (χ0v) is 15.1. The van der Waals surface area contributed by atoms with Crippen molar-refractivity contribution in [1.29, 1.82) is 0 Å². The maximum Gasteiger partial charge on any atom is 0.410 e. The number of hydrogen-bond donors (Lipinski definition) is 1. The maximum atomic E-state index is 12.4. The second-order valence-corrected chi connectivity index (χ2v) is 7.65. The van der Waals surface area contributed by atoms with E-state index in [2.05, 4.69) is 16.8 Å². The third-order valence-electron chi connectivity index (χ3n) is 3.54. The van der Waals surface area contributed by atoms with E-state index in [0.717, 1.165) is 24.0 Å². The quantitative estimate of drug-likeness (QED) is 0.803. The molecule has 1 atom stereocenters. The van der Waals surface area contributed by atoms with E-state index in [1.165, 1.54) is 0 Å². The highest BCUT2D eigenvalue weighted by Gasteiger charge is 2.33. The van der Waals surface area contributed by atoms with Crippen molar-refractivity contribution >= 4 is 6.09 Å². The molecule has 1 unspecified atom stereocenters. The first-order valence-corrected chi connectivity index (χ1v) is 8.25. The number of aromatic nitrogens is 1. The van der Waals surface area contributed by atoms with Crippen LogP contribution in [0.2, 0.25) is 0 Å². The van der Waals surface area contributed by atoms with Crippen LogP contribution in [0.15, 0.2) is 18.5 Å². The van der Waals surface area contributed by atoms with Crippen molar-refractivity contribution in [3.8, 4) is 11.8 Å². The van der Waals surface area contributed by atoms with Crippen LogP contribution in [0.25, 0.3) is 0 Å². The number of pyridine rings is 1. The Kier molecular flexibility index (Phi) is 5.19. The lowest BCUT2D eigenvalue weighted by Gasteiger charge is -2.28. The van der Waals surface area contributed by atoms with E-state index < -0.39 is 11.2 Å². The average Bonchev–Trinajstić information content (AvgIpc) is 2.92. The molecule has 0 radical (unpaired) electrons. The van der Waals surface area contributed by atoms with Gasteiger partial charge in [0.25, 0.3) is 0 Å². The minimum atomic E-state index is -1.05. The van der Waals surface area contributed by atoms with Crippen LogP contribution in [-0.2, 0) is 4.74 Å². The predicted octanol–water partition coefficient (Wildman–Crippen LogP) is 3.28. The fraction of sp³-hybridized carbons (Fsp3) is 0.579. The van der Waals surface area contributed by atoms with Gasteiger partial charge >= 0.3 is 6.09 Å². The van der Waals surface area contributed by atoms with E-state index in [4.69, 9.17) is 4.74 Å². The monoisotopic (exact) mass is 330 g/mol. The van der Waals surface area contributed by atoms with Crippen LogP contribution in [0.5, 0.6) is 0 Å². The summed E-state index contributed by atoms with van der Waals surface area (Å²) in [4.78, 5) is 18.4. The summed E-state index contributed by atoms with van der Waals surface area (Å²) in [6.07, 6.45) is 4.95. The Hall–Kier alpha value is -2.06. The fourth-order valence-electron chi connectivity index (χ4n) is 2.59. The second-order valence-electron chi connectivity index (χ2n) is 7.65. The molecule has 1 amide bonds. The molecule has 0 saturated carbocycles. The molecule has 2 heterocycles. The Morgan fingerprint density at radius 1 is 1.33 bits per heavy atom. The molecule has 5 nitrogen and oxygen atoms in total. The number of aliphatic hydroxyl groups is 1. The number of hydrogen-bond acceptors (Lipinski definition) is 4. The van der Waals surface area contributed by atoms with Crippen molar-refractivity contribution in [3.05, 3.63) is 29.6 Å². The first-order chi connectivity index (χ1) is 11.1. The fourth-order valence-corrected chi connectivity index (χ4v) is 2.59. The first-order valence-electron chi connectivity index (χ1n) is 8.25. The molecule has 5 heteroatoms. The third kappa shape index (κ3) is 5.24. The van der Waals surface area contributed by atoms with Gasteiger partial charge in [0.15, 0.2) is 0 Å². The Labute approximate surface area is 144 Å². The number of rotatable bonds is 1. The first kappa shape index (κ1) is 18.3. The highest BCUT2D eigenvalue weighted by atomic mass is 16.6. The van der Waals surface area contributed by atoms with Crippen LogP contribution in [0.3, 0.4) is 0 Å². The van der Waals surface area contributed by atoms with Gasteiger partial charge in [-0.2, -0.15) is 0 Å². The van der Waals surface area contributed by atoms with Crippen LogP contribution in [-0.4, -0.2) is 38.8 Å². The molecule has 24 heavy (non-hydrogen) atoms. The van der Waals surface area contributed by atoms with Crippen LogP contribution in [0.4, 0.5) is 4.79 Å². The average molecular weight is 330 g/mol. The molecular weight excluding hydrogens is 304 g/mol. The molecule has 0 bridgehead atoms. The number of nitrogens with zero attached hydrogens (tertiary/aromatic N) is 2. The number of carbonyl (C=O) groups excluding carboxylic acids is 1. The van der Waals surface area contributed by atoms with Crippen LogP contribution in [0.1, 0.15) is 64.6 Å². The van der Waals surface area contributed by atoms with Crippen molar-refractivity contribution in [2.75, 3.05) is 6.54 Å². The Bertz CT molecular complexity index is 660. The summed E-state index contributed by atoms with van der Waals surface area (Å²) >= 11 is 0. The largest absolute Gasteiger partial charge is 0.444 e. The minimum Gasteiger partial charge on any atom is -0.444 e. The van der Waals surface area contributed by atoms with E-state index in [1.807, 2.05) is 26.8 Å². The molecule has 2 rings (SSSR count). The van der Waals surface area contributed by atoms with Crippen molar-refractivity contribution in [3.63, 3.8) is 0 Å². The number of amides is 1. The highest BCUT2D eigenvalue weighted by Crippen LogP contribution is 2.33. The maximum absolute atomic E-state index is 12.4. The molecule has 0 aliphatic carbocycles. The van der Waals surface area contributed by atoms with Gasteiger partial charge in [0.2, 0.25) is 0 Å². The van der Waals surface area contributed by atoms with Gasteiger partial charge in [-0.05, 0) is 59.1 Å². The third-order valence-corrected chi connectivity index (χ3v) is 3.54. The summed E-state index contributed by atoms with van der Waals surface area (Å²) in [5.74, 6) is 5.71. The molecule has 130 valence electrons. The van der Waals surface area contributed by atoms with E-state index >= 15 is 0 Å². The lowest BCUT2D eigenvalue weighted by molar-refractivity contribution is 0.0224. The SMILES string of the molecule is CC(C)(O)C#Cc1cncc(C2CCCN2C(=O)OC(C)(C)C)c1. The van der Waals surface area contributed by atoms with Crippen LogP contribution < -0.4 is 0 Å². The highest BCUT2D eigenvalue weighted by molar-refractivity contribution is 5.69. The molecule has 0 spiro atoms. The summed E-state index contributed by atoms with van der Waals surface area (Å²) in [6, 6.07) is 1.88. The summed E-state index contributed by atoms with van der Waals surface area (Å²) in [5, 5.41) is 9.72. The van der Waals surface area contributed by atoms with Crippen molar-refractivity contribution in [1.82, 2.24) is 9.88 Å². The minimum absolute atomic E-state index is 0.0452. The van der Waals surface area contributed by atoms with Crippen molar-refractivity contribution < 1.29 is 14.6 Å². The topological polar surface area (TPSA) is 62.7 Å². The predicted molar refractivity (Wildman–Crippen MR) is 92.3 cm³/mol. The summed E-state index contributed by atoms with van der Waals surface area (Å²) in [7, 11) is 0. The van der Waals surface area contributed by atoms with E-state index in [9.17, 15) is 9.90 Å². The number of likely N-dealkylation sites (tertiary alicyclic amines) is 1. The molecular formula is C19H26N2O3. The summed E-state index contributed by atoms with van der Waals surface area (Å²) < 4.78 is 5.50. The van der Waals surface area contributed by atoms with Gasteiger partial charge in [-0.25, -0.2) is 4.79 Å². The Balaban J connectivity index is 2.20. The lowest BCUT2D eigenvalue weighted by atomic mass is 10.0.